The Morgan fingerprint density at radius 2 is 1.86 bits per heavy atom. The van der Waals surface area contributed by atoms with E-state index in [1.807, 2.05) is 25.1 Å². The maximum atomic E-state index is 12.3. The van der Waals surface area contributed by atoms with Gasteiger partial charge in [0, 0.05) is 37.5 Å². The Morgan fingerprint density at radius 1 is 1.10 bits per heavy atom. The van der Waals surface area contributed by atoms with Crippen molar-refractivity contribution in [1.29, 1.82) is 0 Å². The van der Waals surface area contributed by atoms with Gasteiger partial charge < -0.3 is 15.2 Å². The SMILES string of the molecule is Cc1[nH]c(SCC(=O)Nc2cccc(C(=O)N(C)C)c2)nc1Cc1ccccc1. The van der Waals surface area contributed by atoms with Gasteiger partial charge in [-0.1, -0.05) is 48.2 Å². The highest BCUT2D eigenvalue weighted by molar-refractivity contribution is 7.99. The molecule has 0 fully saturated rings. The standard InChI is InChI=1S/C22H24N4O2S/c1-15-19(12-16-8-5-4-6-9-16)25-22(23-15)29-14-20(27)24-18-11-7-10-17(13-18)21(28)26(2)3/h4-11,13H,12,14H2,1-3H3,(H,23,25)(H,24,27). The van der Waals surface area contributed by atoms with E-state index in [4.69, 9.17) is 0 Å². The third-order valence-corrected chi connectivity index (χ3v) is 5.19. The molecule has 0 saturated carbocycles. The van der Waals surface area contributed by atoms with Crippen molar-refractivity contribution in [2.45, 2.75) is 18.5 Å². The number of benzene rings is 2. The molecule has 0 spiro atoms. The summed E-state index contributed by atoms with van der Waals surface area (Å²) in [5.74, 6) is -0.0283. The molecule has 29 heavy (non-hydrogen) atoms. The molecule has 0 aliphatic carbocycles. The van der Waals surface area contributed by atoms with Gasteiger partial charge in [0.15, 0.2) is 5.16 Å². The first-order valence-electron chi connectivity index (χ1n) is 9.26. The molecule has 1 aromatic heterocycles. The van der Waals surface area contributed by atoms with Crippen molar-refractivity contribution in [2.75, 3.05) is 25.2 Å². The highest BCUT2D eigenvalue weighted by atomic mass is 32.2. The molecule has 0 aliphatic rings. The Hall–Kier alpha value is -3.06. The zero-order valence-electron chi connectivity index (χ0n) is 16.7. The third-order valence-electron chi connectivity index (χ3n) is 4.32. The summed E-state index contributed by atoms with van der Waals surface area (Å²) in [6.07, 6.45) is 0.753. The van der Waals surface area contributed by atoms with Gasteiger partial charge >= 0.3 is 0 Å². The first kappa shape index (κ1) is 20.7. The minimum Gasteiger partial charge on any atom is -0.345 e. The van der Waals surface area contributed by atoms with Crippen LogP contribution in [0.3, 0.4) is 0 Å². The summed E-state index contributed by atoms with van der Waals surface area (Å²) in [5.41, 5.74) is 4.32. The number of carbonyl (C=O) groups excluding carboxylic acids is 2. The first-order valence-corrected chi connectivity index (χ1v) is 10.2. The number of carbonyl (C=O) groups is 2. The number of imidazole rings is 1. The molecular weight excluding hydrogens is 384 g/mol. The molecule has 0 saturated heterocycles. The Bertz CT molecular complexity index is 999. The average Bonchev–Trinajstić information content (AvgIpc) is 3.06. The zero-order chi connectivity index (χ0) is 20.8. The lowest BCUT2D eigenvalue weighted by atomic mass is 10.1. The van der Waals surface area contributed by atoms with Crippen molar-refractivity contribution < 1.29 is 9.59 Å². The second-order valence-corrected chi connectivity index (χ2v) is 7.86. The van der Waals surface area contributed by atoms with Crippen molar-refractivity contribution in [3.63, 3.8) is 0 Å². The molecule has 7 heteroatoms. The van der Waals surface area contributed by atoms with Crippen molar-refractivity contribution in [3.05, 3.63) is 77.1 Å². The molecule has 2 amide bonds. The number of aromatic amines is 1. The molecule has 0 atom stereocenters. The maximum Gasteiger partial charge on any atom is 0.253 e. The van der Waals surface area contributed by atoms with Crippen LogP contribution in [-0.4, -0.2) is 46.5 Å². The molecule has 0 aliphatic heterocycles. The molecule has 2 aromatic carbocycles. The van der Waals surface area contributed by atoms with E-state index in [1.165, 1.54) is 22.2 Å². The molecule has 3 rings (SSSR count). The number of amides is 2. The van der Waals surface area contributed by atoms with E-state index in [0.29, 0.717) is 11.3 Å². The number of nitrogens with one attached hydrogen (secondary N) is 2. The quantitative estimate of drug-likeness (QED) is 0.584. The van der Waals surface area contributed by atoms with E-state index in [0.717, 1.165) is 23.0 Å². The van der Waals surface area contributed by atoms with Gasteiger partial charge in [0.05, 0.1) is 11.4 Å². The Morgan fingerprint density at radius 3 is 2.59 bits per heavy atom. The fourth-order valence-electron chi connectivity index (χ4n) is 2.82. The van der Waals surface area contributed by atoms with E-state index >= 15 is 0 Å². The molecule has 2 N–H and O–H groups in total. The molecule has 0 radical (unpaired) electrons. The van der Waals surface area contributed by atoms with Crippen LogP contribution in [0.15, 0.2) is 59.8 Å². The topological polar surface area (TPSA) is 78.1 Å². The van der Waals surface area contributed by atoms with Crippen LogP contribution in [0, 0.1) is 6.92 Å². The summed E-state index contributed by atoms with van der Waals surface area (Å²) in [6, 6.07) is 17.1. The summed E-state index contributed by atoms with van der Waals surface area (Å²) in [4.78, 5) is 33.7. The van der Waals surface area contributed by atoms with Crippen molar-refractivity contribution >= 4 is 29.3 Å². The predicted octanol–water partition coefficient (Wildman–Crippen LogP) is 3.74. The molecule has 6 nitrogen and oxygen atoms in total. The maximum absolute atomic E-state index is 12.3. The monoisotopic (exact) mass is 408 g/mol. The van der Waals surface area contributed by atoms with Crippen LogP contribution in [-0.2, 0) is 11.2 Å². The van der Waals surface area contributed by atoms with E-state index in [1.54, 1.807) is 38.4 Å². The van der Waals surface area contributed by atoms with Crippen LogP contribution in [0.25, 0.3) is 0 Å². The highest BCUT2D eigenvalue weighted by Gasteiger charge is 2.12. The lowest BCUT2D eigenvalue weighted by molar-refractivity contribution is -0.113. The summed E-state index contributed by atoms with van der Waals surface area (Å²) >= 11 is 1.35. The number of anilines is 1. The van der Waals surface area contributed by atoms with E-state index < -0.39 is 0 Å². The van der Waals surface area contributed by atoms with Crippen LogP contribution >= 0.6 is 11.8 Å². The van der Waals surface area contributed by atoms with Gasteiger partial charge in [0.25, 0.3) is 5.91 Å². The minimum atomic E-state index is -0.150. The number of rotatable bonds is 7. The summed E-state index contributed by atoms with van der Waals surface area (Å²) in [6.45, 7) is 1.99. The van der Waals surface area contributed by atoms with Crippen LogP contribution in [0.1, 0.15) is 27.3 Å². The summed E-state index contributed by atoms with van der Waals surface area (Å²) in [7, 11) is 3.39. The number of aryl methyl sites for hydroxylation is 1. The van der Waals surface area contributed by atoms with Crippen molar-refractivity contribution in [2.24, 2.45) is 0 Å². The Balaban J connectivity index is 1.57. The number of H-pyrrole nitrogens is 1. The second kappa shape index (κ2) is 9.43. The lowest BCUT2D eigenvalue weighted by Crippen LogP contribution is -2.22. The Kier molecular flexibility index (Phi) is 6.72. The largest absolute Gasteiger partial charge is 0.345 e. The third kappa shape index (κ3) is 5.71. The van der Waals surface area contributed by atoms with Crippen molar-refractivity contribution in [3.8, 4) is 0 Å². The molecule has 0 unspecified atom stereocenters. The highest BCUT2D eigenvalue weighted by Crippen LogP contribution is 2.20. The number of hydrogen-bond donors (Lipinski definition) is 2. The second-order valence-electron chi connectivity index (χ2n) is 6.89. The number of nitrogens with zero attached hydrogens (tertiary/aromatic N) is 2. The van der Waals surface area contributed by atoms with E-state index in [9.17, 15) is 9.59 Å². The van der Waals surface area contributed by atoms with Gasteiger partial charge in [-0.2, -0.15) is 0 Å². The van der Waals surface area contributed by atoms with Gasteiger partial charge in [0.1, 0.15) is 0 Å². The molecule has 0 bridgehead atoms. The molecular formula is C22H24N4O2S. The van der Waals surface area contributed by atoms with Gasteiger partial charge in [-0.15, -0.1) is 0 Å². The Labute approximate surface area is 174 Å². The first-order chi connectivity index (χ1) is 13.9. The normalized spacial score (nSPS) is 10.6. The van der Waals surface area contributed by atoms with E-state index in [-0.39, 0.29) is 17.6 Å². The molecule has 150 valence electrons. The summed E-state index contributed by atoms with van der Waals surface area (Å²) in [5, 5.41) is 3.56. The predicted molar refractivity (Wildman–Crippen MR) is 116 cm³/mol. The van der Waals surface area contributed by atoms with Crippen LogP contribution in [0.2, 0.25) is 0 Å². The molecule has 3 aromatic rings. The van der Waals surface area contributed by atoms with Gasteiger partial charge in [-0.3, -0.25) is 9.59 Å². The molecule has 1 heterocycles. The number of aromatic nitrogens is 2. The zero-order valence-corrected chi connectivity index (χ0v) is 17.5. The summed E-state index contributed by atoms with van der Waals surface area (Å²) < 4.78 is 0. The van der Waals surface area contributed by atoms with Gasteiger partial charge in [-0.05, 0) is 30.7 Å². The van der Waals surface area contributed by atoms with Crippen molar-refractivity contribution in [1.82, 2.24) is 14.9 Å². The van der Waals surface area contributed by atoms with Gasteiger partial charge in [0.2, 0.25) is 5.91 Å². The average molecular weight is 409 g/mol. The fraction of sp³-hybridized carbons (Fsp3) is 0.227. The lowest BCUT2D eigenvalue weighted by Gasteiger charge is -2.11. The minimum absolute atomic E-state index is 0.104. The van der Waals surface area contributed by atoms with E-state index in [2.05, 4.69) is 27.4 Å². The van der Waals surface area contributed by atoms with Crippen LogP contribution in [0.5, 0.6) is 0 Å². The smallest absolute Gasteiger partial charge is 0.253 e. The van der Waals surface area contributed by atoms with Crippen LogP contribution < -0.4 is 5.32 Å². The number of thioether (sulfide) groups is 1. The number of hydrogen-bond acceptors (Lipinski definition) is 4. The van der Waals surface area contributed by atoms with Crippen LogP contribution in [0.4, 0.5) is 5.69 Å². The van der Waals surface area contributed by atoms with Gasteiger partial charge in [-0.25, -0.2) is 4.98 Å². The fourth-order valence-corrected chi connectivity index (χ4v) is 3.56.